The molecule has 1 aromatic carbocycles. The van der Waals surface area contributed by atoms with Crippen molar-refractivity contribution in [1.82, 2.24) is 9.78 Å². The molecular weight excluding hydrogens is 212 g/mol. The van der Waals surface area contributed by atoms with Crippen molar-refractivity contribution in [2.24, 2.45) is 7.05 Å². The molecule has 2 rings (SSSR count). The van der Waals surface area contributed by atoms with Crippen molar-refractivity contribution in [2.45, 2.75) is 20.8 Å². The number of hydrogen-bond donors (Lipinski definition) is 0. The van der Waals surface area contributed by atoms with E-state index in [0.717, 1.165) is 28.1 Å². The first-order valence-corrected chi connectivity index (χ1v) is 5.62. The molecule has 0 saturated heterocycles. The van der Waals surface area contributed by atoms with Gasteiger partial charge >= 0.3 is 0 Å². The van der Waals surface area contributed by atoms with Crippen LogP contribution < -0.4 is 0 Å². The number of aryl methyl sites for hydroxylation is 3. The van der Waals surface area contributed by atoms with Crippen molar-refractivity contribution in [1.29, 1.82) is 0 Å². The standard InChI is InChI=1S/C14H16N2O/c1-9-5-7-12(8-6-9)14(17)13-10(2)15-16(4)11(13)3/h5-8H,1-4H3. The minimum absolute atomic E-state index is 0.0492. The summed E-state index contributed by atoms with van der Waals surface area (Å²) in [5.74, 6) is 0.0492. The van der Waals surface area contributed by atoms with E-state index in [4.69, 9.17) is 0 Å². The van der Waals surface area contributed by atoms with Crippen LogP contribution in [-0.4, -0.2) is 15.6 Å². The monoisotopic (exact) mass is 228 g/mol. The number of nitrogens with zero attached hydrogens (tertiary/aromatic N) is 2. The predicted molar refractivity (Wildman–Crippen MR) is 67.3 cm³/mol. The Labute approximate surface area is 101 Å². The number of carbonyl (C=O) groups is 1. The molecule has 0 unspecified atom stereocenters. The first kappa shape index (κ1) is 11.6. The molecule has 0 saturated carbocycles. The van der Waals surface area contributed by atoms with E-state index >= 15 is 0 Å². The van der Waals surface area contributed by atoms with Crippen LogP contribution in [0.2, 0.25) is 0 Å². The van der Waals surface area contributed by atoms with Crippen LogP contribution in [0.5, 0.6) is 0 Å². The van der Waals surface area contributed by atoms with E-state index in [2.05, 4.69) is 5.10 Å². The molecule has 0 bridgehead atoms. The minimum atomic E-state index is 0.0492. The van der Waals surface area contributed by atoms with Crippen LogP contribution >= 0.6 is 0 Å². The third-order valence-electron chi connectivity index (χ3n) is 3.05. The molecule has 17 heavy (non-hydrogen) atoms. The Hall–Kier alpha value is -1.90. The van der Waals surface area contributed by atoms with Gasteiger partial charge in [0.05, 0.1) is 11.3 Å². The van der Waals surface area contributed by atoms with Gasteiger partial charge in [-0.25, -0.2) is 0 Å². The average molecular weight is 228 g/mol. The Morgan fingerprint density at radius 1 is 1.12 bits per heavy atom. The maximum Gasteiger partial charge on any atom is 0.196 e. The van der Waals surface area contributed by atoms with Gasteiger partial charge in [0.2, 0.25) is 0 Å². The van der Waals surface area contributed by atoms with Gasteiger partial charge in [0.1, 0.15) is 0 Å². The largest absolute Gasteiger partial charge is 0.288 e. The fraction of sp³-hybridized carbons (Fsp3) is 0.286. The molecule has 88 valence electrons. The van der Waals surface area contributed by atoms with E-state index in [1.54, 1.807) is 4.68 Å². The van der Waals surface area contributed by atoms with Gasteiger partial charge in [-0.05, 0) is 20.8 Å². The van der Waals surface area contributed by atoms with Crippen molar-refractivity contribution in [2.75, 3.05) is 0 Å². The van der Waals surface area contributed by atoms with E-state index < -0.39 is 0 Å². The normalized spacial score (nSPS) is 10.6. The first-order valence-electron chi connectivity index (χ1n) is 5.62. The average Bonchev–Trinajstić information content (AvgIpc) is 2.53. The third kappa shape index (κ3) is 2.00. The van der Waals surface area contributed by atoms with Gasteiger partial charge in [0, 0.05) is 18.3 Å². The molecule has 3 nitrogen and oxygen atoms in total. The summed E-state index contributed by atoms with van der Waals surface area (Å²) in [4.78, 5) is 12.4. The van der Waals surface area contributed by atoms with E-state index in [0.29, 0.717) is 0 Å². The van der Waals surface area contributed by atoms with Gasteiger partial charge < -0.3 is 0 Å². The first-order chi connectivity index (χ1) is 8.00. The summed E-state index contributed by atoms with van der Waals surface area (Å²) in [6, 6.07) is 7.63. The lowest BCUT2D eigenvalue weighted by Gasteiger charge is -2.02. The number of hydrogen-bond acceptors (Lipinski definition) is 2. The molecule has 0 amide bonds. The highest BCUT2D eigenvalue weighted by molar-refractivity contribution is 6.10. The molecule has 0 fully saturated rings. The highest BCUT2D eigenvalue weighted by Gasteiger charge is 2.18. The van der Waals surface area contributed by atoms with E-state index in [1.807, 2.05) is 52.1 Å². The number of benzene rings is 1. The molecule has 0 spiro atoms. The molecule has 0 radical (unpaired) electrons. The molecule has 0 atom stereocenters. The minimum Gasteiger partial charge on any atom is -0.288 e. The number of ketones is 1. The zero-order valence-electron chi connectivity index (χ0n) is 10.6. The highest BCUT2D eigenvalue weighted by Crippen LogP contribution is 2.17. The molecule has 1 aromatic heterocycles. The smallest absolute Gasteiger partial charge is 0.196 e. The zero-order chi connectivity index (χ0) is 12.6. The molecule has 2 aromatic rings. The molecule has 0 aliphatic heterocycles. The highest BCUT2D eigenvalue weighted by atomic mass is 16.1. The van der Waals surface area contributed by atoms with Crippen LogP contribution in [0.3, 0.4) is 0 Å². The van der Waals surface area contributed by atoms with Crippen LogP contribution in [0.25, 0.3) is 0 Å². The van der Waals surface area contributed by atoms with E-state index in [-0.39, 0.29) is 5.78 Å². The fourth-order valence-electron chi connectivity index (χ4n) is 1.95. The Balaban J connectivity index is 2.47. The van der Waals surface area contributed by atoms with Gasteiger partial charge in [-0.2, -0.15) is 5.10 Å². The molecule has 3 heteroatoms. The summed E-state index contributed by atoms with van der Waals surface area (Å²) >= 11 is 0. The SMILES string of the molecule is Cc1ccc(C(=O)c2c(C)nn(C)c2C)cc1. The van der Waals surface area contributed by atoms with Crippen LogP contribution in [0.1, 0.15) is 32.9 Å². The number of carbonyl (C=O) groups excluding carboxylic acids is 1. The summed E-state index contributed by atoms with van der Waals surface area (Å²) in [6.45, 7) is 5.80. The second-order valence-electron chi connectivity index (χ2n) is 4.36. The second-order valence-corrected chi connectivity index (χ2v) is 4.36. The number of rotatable bonds is 2. The van der Waals surface area contributed by atoms with E-state index in [1.165, 1.54) is 0 Å². The van der Waals surface area contributed by atoms with Crippen molar-refractivity contribution >= 4 is 5.78 Å². The van der Waals surface area contributed by atoms with Crippen LogP contribution in [0.4, 0.5) is 0 Å². The van der Waals surface area contributed by atoms with Gasteiger partial charge in [0.25, 0.3) is 0 Å². The third-order valence-corrected chi connectivity index (χ3v) is 3.05. The maximum atomic E-state index is 12.4. The summed E-state index contributed by atoms with van der Waals surface area (Å²) in [6.07, 6.45) is 0. The molecule has 0 aliphatic carbocycles. The number of aromatic nitrogens is 2. The summed E-state index contributed by atoms with van der Waals surface area (Å²) in [5.41, 5.74) is 4.29. The molecule has 0 N–H and O–H groups in total. The summed E-state index contributed by atoms with van der Waals surface area (Å²) in [7, 11) is 1.86. The Bertz CT molecular complexity index is 565. The predicted octanol–water partition coefficient (Wildman–Crippen LogP) is 2.58. The van der Waals surface area contributed by atoms with Crippen LogP contribution in [0.15, 0.2) is 24.3 Å². The Morgan fingerprint density at radius 2 is 1.71 bits per heavy atom. The van der Waals surface area contributed by atoms with Crippen molar-refractivity contribution in [3.8, 4) is 0 Å². The molecule has 0 aliphatic rings. The zero-order valence-corrected chi connectivity index (χ0v) is 10.6. The lowest BCUT2D eigenvalue weighted by molar-refractivity contribution is 0.103. The summed E-state index contributed by atoms with van der Waals surface area (Å²) in [5, 5.41) is 4.27. The fourth-order valence-corrected chi connectivity index (χ4v) is 1.95. The topological polar surface area (TPSA) is 34.9 Å². The van der Waals surface area contributed by atoms with Gasteiger partial charge in [-0.1, -0.05) is 29.8 Å². The molecular formula is C14H16N2O. The lowest BCUT2D eigenvalue weighted by Crippen LogP contribution is -2.04. The van der Waals surface area contributed by atoms with Gasteiger partial charge in [-0.15, -0.1) is 0 Å². The Kier molecular flexibility index (Phi) is 2.84. The maximum absolute atomic E-state index is 12.4. The Morgan fingerprint density at radius 3 is 2.18 bits per heavy atom. The van der Waals surface area contributed by atoms with Gasteiger partial charge in [0.15, 0.2) is 5.78 Å². The second kappa shape index (κ2) is 4.17. The van der Waals surface area contributed by atoms with Crippen LogP contribution in [0, 0.1) is 20.8 Å². The van der Waals surface area contributed by atoms with E-state index in [9.17, 15) is 4.79 Å². The summed E-state index contributed by atoms with van der Waals surface area (Å²) < 4.78 is 1.75. The quantitative estimate of drug-likeness (QED) is 0.740. The van der Waals surface area contributed by atoms with Crippen LogP contribution in [-0.2, 0) is 7.05 Å². The van der Waals surface area contributed by atoms with Gasteiger partial charge in [-0.3, -0.25) is 9.48 Å². The van der Waals surface area contributed by atoms with Crippen molar-refractivity contribution < 1.29 is 4.79 Å². The van der Waals surface area contributed by atoms with Crippen molar-refractivity contribution in [3.05, 3.63) is 52.3 Å². The lowest BCUT2D eigenvalue weighted by atomic mass is 10.0. The molecule has 1 heterocycles. The van der Waals surface area contributed by atoms with Crippen molar-refractivity contribution in [3.63, 3.8) is 0 Å².